The van der Waals surface area contributed by atoms with Crippen LogP contribution in [0.4, 0.5) is 0 Å². The van der Waals surface area contributed by atoms with Gasteiger partial charge in [-0.2, -0.15) is 0 Å². The molecule has 0 spiro atoms. The number of hydrogen-bond acceptors (Lipinski definition) is 5. The van der Waals surface area contributed by atoms with Gasteiger partial charge < -0.3 is 14.5 Å². The SMILES string of the molecule is COC(=O)CC(NC(=O)c1ccoc1)c1cccs1. The van der Waals surface area contributed by atoms with Gasteiger partial charge in [0.05, 0.1) is 31.4 Å². The van der Waals surface area contributed by atoms with Crippen LogP contribution in [0.25, 0.3) is 0 Å². The van der Waals surface area contributed by atoms with Crippen molar-refractivity contribution in [3.63, 3.8) is 0 Å². The van der Waals surface area contributed by atoms with Gasteiger partial charge in [-0.25, -0.2) is 0 Å². The Bertz CT molecular complexity index is 533. The zero-order valence-electron chi connectivity index (χ0n) is 10.3. The van der Waals surface area contributed by atoms with Crippen molar-refractivity contribution < 1.29 is 18.7 Å². The maximum absolute atomic E-state index is 12.0. The summed E-state index contributed by atoms with van der Waals surface area (Å²) in [5, 5.41) is 4.69. The van der Waals surface area contributed by atoms with Crippen LogP contribution in [0, 0.1) is 0 Å². The minimum atomic E-state index is -0.394. The van der Waals surface area contributed by atoms with E-state index in [0.29, 0.717) is 5.56 Å². The first-order valence-corrected chi connectivity index (χ1v) is 6.52. The van der Waals surface area contributed by atoms with Crippen LogP contribution in [0.2, 0.25) is 0 Å². The Labute approximate surface area is 114 Å². The Hall–Kier alpha value is -2.08. The summed E-state index contributed by atoms with van der Waals surface area (Å²) in [7, 11) is 1.33. The Morgan fingerprint density at radius 3 is 2.89 bits per heavy atom. The second kappa shape index (κ2) is 6.19. The standard InChI is InChI=1S/C13H13NO4S/c1-17-12(15)7-10(11-3-2-6-19-11)14-13(16)9-4-5-18-8-9/h2-6,8,10H,7H2,1H3,(H,14,16). The Morgan fingerprint density at radius 1 is 1.47 bits per heavy atom. The molecule has 1 atom stereocenters. The highest BCUT2D eigenvalue weighted by molar-refractivity contribution is 7.10. The van der Waals surface area contributed by atoms with E-state index in [1.54, 1.807) is 6.07 Å². The molecule has 1 amide bonds. The number of carbonyl (C=O) groups is 2. The van der Waals surface area contributed by atoms with E-state index in [0.717, 1.165) is 4.88 Å². The molecule has 0 bridgehead atoms. The Kier molecular flexibility index (Phi) is 4.35. The lowest BCUT2D eigenvalue weighted by Crippen LogP contribution is -2.29. The van der Waals surface area contributed by atoms with E-state index in [2.05, 4.69) is 10.1 Å². The third kappa shape index (κ3) is 3.45. The van der Waals surface area contributed by atoms with Crippen LogP contribution < -0.4 is 5.32 Å². The predicted octanol–water partition coefficient (Wildman–Crippen LogP) is 2.38. The molecule has 2 rings (SSSR count). The van der Waals surface area contributed by atoms with Gasteiger partial charge in [0.15, 0.2) is 0 Å². The van der Waals surface area contributed by atoms with Crippen molar-refractivity contribution in [1.82, 2.24) is 5.32 Å². The minimum absolute atomic E-state index is 0.0978. The van der Waals surface area contributed by atoms with Gasteiger partial charge in [0.1, 0.15) is 6.26 Å². The first-order valence-electron chi connectivity index (χ1n) is 5.64. The van der Waals surface area contributed by atoms with E-state index in [9.17, 15) is 9.59 Å². The maximum atomic E-state index is 12.0. The Morgan fingerprint density at radius 2 is 2.32 bits per heavy atom. The van der Waals surface area contributed by atoms with Crippen LogP contribution in [0.1, 0.15) is 27.7 Å². The van der Waals surface area contributed by atoms with Gasteiger partial charge >= 0.3 is 5.97 Å². The van der Waals surface area contributed by atoms with Crippen molar-refractivity contribution in [3.8, 4) is 0 Å². The summed E-state index contributed by atoms with van der Waals surface area (Å²) in [6, 6.07) is 4.91. The van der Waals surface area contributed by atoms with E-state index in [-0.39, 0.29) is 18.3 Å². The lowest BCUT2D eigenvalue weighted by molar-refractivity contribution is -0.141. The van der Waals surface area contributed by atoms with E-state index in [1.165, 1.54) is 31.0 Å². The molecule has 100 valence electrons. The van der Waals surface area contributed by atoms with Gasteiger partial charge in [-0.3, -0.25) is 9.59 Å². The highest BCUT2D eigenvalue weighted by Gasteiger charge is 2.20. The van der Waals surface area contributed by atoms with E-state index in [1.807, 2.05) is 17.5 Å². The third-order valence-electron chi connectivity index (χ3n) is 2.57. The van der Waals surface area contributed by atoms with Crippen LogP contribution in [-0.4, -0.2) is 19.0 Å². The van der Waals surface area contributed by atoms with Crippen molar-refractivity contribution in [3.05, 3.63) is 46.5 Å². The van der Waals surface area contributed by atoms with E-state index >= 15 is 0 Å². The molecule has 0 radical (unpaired) electrons. The highest BCUT2D eigenvalue weighted by Crippen LogP contribution is 2.23. The molecule has 0 aromatic carbocycles. The molecule has 0 aliphatic heterocycles. The zero-order chi connectivity index (χ0) is 13.7. The summed E-state index contributed by atoms with van der Waals surface area (Å²) in [5.41, 5.74) is 0.423. The number of furan rings is 1. The first-order chi connectivity index (χ1) is 9.20. The molecule has 2 aromatic heterocycles. The van der Waals surface area contributed by atoms with Crippen molar-refractivity contribution >= 4 is 23.2 Å². The summed E-state index contributed by atoms with van der Waals surface area (Å²) < 4.78 is 9.51. The number of esters is 1. The first kappa shape index (κ1) is 13.4. The summed E-state index contributed by atoms with van der Waals surface area (Å²) in [6.45, 7) is 0. The normalized spacial score (nSPS) is 11.8. The maximum Gasteiger partial charge on any atom is 0.307 e. The van der Waals surface area contributed by atoms with Gasteiger partial charge in [0.2, 0.25) is 0 Å². The number of thiophene rings is 1. The van der Waals surface area contributed by atoms with Crippen LogP contribution in [0.5, 0.6) is 0 Å². The van der Waals surface area contributed by atoms with Gasteiger partial charge in [0, 0.05) is 4.88 Å². The van der Waals surface area contributed by atoms with E-state index < -0.39 is 6.04 Å². The summed E-state index contributed by atoms with van der Waals surface area (Å²) in [5.74, 6) is -0.651. The predicted molar refractivity (Wildman–Crippen MR) is 69.9 cm³/mol. The molecule has 0 aliphatic rings. The highest BCUT2D eigenvalue weighted by atomic mass is 32.1. The van der Waals surface area contributed by atoms with E-state index in [4.69, 9.17) is 4.42 Å². The molecule has 5 nitrogen and oxygen atoms in total. The van der Waals surface area contributed by atoms with Gasteiger partial charge in [0.25, 0.3) is 5.91 Å². The number of methoxy groups -OCH3 is 1. The van der Waals surface area contributed by atoms with Crippen LogP contribution >= 0.6 is 11.3 Å². The van der Waals surface area contributed by atoms with Gasteiger partial charge in [-0.15, -0.1) is 11.3 Å². The fourth-order valence-corrected chi connectivity index (χ4v) is 2.38. The fourth-order valence-electron chi connectivity index (χ4n) is 1.60. The van der Waals surface area contributed by atoms with Crippen molar-refractivity contribution in [2.75, 3.05) is 7.11 Å². The third-order valence-corrected chi connectivity index (χ3v) is 3.56. The topological polar surface area (TPSA) is 68.5 Å². The largest absolute Gasteiger partial charge is 0.472 e. The second-order valence-corrected chi connectivity index (χ2v) is 4.81. The monoisotopic (exact) mass is 279 g/mol. The molecular weight excluding hydrogens is 266 g/mol. The summed E-state index contributed by atoms with van der Waals surface area (Å²) >= 11 is 1.48. The smallest absolute Gasteiger partial charge is 0.307 e. The van der Waals surface area contributed by atoms with Crippen molar-refractivity contribution in [1.29, 1.82) is 0 Å². The average Bonchev–Trinajstić information content (AvgIpc) is 3.10. The second-order valence-electron chi connectivity index (χ2n) is 3.83. The molecule has 0 saturated heterocycles. The fraction of sp³-hybridized carbons (Fsp3) is 0.231. The molecule has 0 aliphatic carbocycles. The Balaban J connectivity index is 2.10. The molecule has 2 heterocycles. The number of rotatable bonds is 5. The zero-order valence-corrected chi connectivity index (χ0v) is 11.1. The van der Waals surface area contributed by atoms with Crippen LogP contribution in [0.3, 0.4) is 0 Å². The molecule has 0 saturated carbocycles. The lowest BCUT2D eigenvalue weighted by Gasteiger charge is -2.15. The molecule has 2 aromatic rings. The van der Waals surface area contributed by atoms with Gasteiger partial charge in [-0.1, -0.05) is 6.07 Å². The number of hydrogen-bond donors (Lipinski definition) is 1. The molecule has 1 N–H and O–H groups in total. The van der Waals surface area contributed by atoms with Crippen molar-refractivity contribution in [2.45, 2.75) is 12.5 Å². The van der Waals surface area contributed by atoms with Crippen LogP contribution in [0.15, 0.2) is 40.5 Å². The molecule has 1 unspecified atom stereocenters. The number of nitrogens with one attached hydrogen (secondary N) is 1. The molecule has 19 heavy (non-hydrogen) atoms. The lowest BCUT2D eigenvalue weighted by atomic mass is 10.1. The average molecular weight is 279 g/mol. The summed E-state index contributed by atoms with van der Waals surface area (Å²) in [6.07, 6.45) is 2.88. The number of ether oxygens (including phenoxy) is 1. The summed E-state index contributed by atoms with van der Waals surface area (Å²) in [4.78, 5) is 24.3. The van der Waals surface area contributed by atoms with Gasteiger partial charge in [-0.05, 0) is 17.5 Å². The minimum Gasteiger partial charge on any atom is -0.472 e. The molecule has 6 heteroatoms. The molecule has 0 fully saturated rings. The molecular formula is C13H13NO4S. The van der Waals surface area contributed by atoms with Crippen molar-refractivity contribution in [2.24, 2.45) is 0 Å². The van der Waals surface area contributed by atoms with Crippen LogP contribution in [-0.2, 0) is 9.53 Å². The number of carbonyl (C=O) groups excluding carboxylic acids is 2. The quantitative estimate of drug-likeness (QED) is 0.853. The number of amides is 1.